The number of rotatable bonds is 4. The Bertz CT molecular complexity index is 1230. The van der Waals surface area contributed by atoms with Crippen LogP contribution in [0, 0.1) is 0 Å². The highest BCUT2D eigenvalue weighted by Gasteiger charge is 2.11. The fourth-order valence-corrected chi connectivity index (χ4v) is 3.81. The van der Waals surface area contributed by atoms with Crippen LogP contribution in [0.2, 0.25) is 0 Å². The SMILES string of the molecule is O=c1cc(Oc2cccc(-c3ccc(N4CCOCC4)cc3)c2)c2ccccc2[nH]1. The van der Waals surface area contributed by atoms with Gasteiger partial charge < -0.3 is 19.4 Å². The van der Waals surface area contributed by atoms with Crippen LogP contribution in [0.15, 0.2) is 83.7 Å². The number of aromatic nitrogens is 1. The number of aromatic amines is 1. The van der Waals surface area contributed by atoms with Crippen LogP contribution in [-0.4, -0.2) is 31.3 Å². The molecule has 1 aliphatic heterocycles. The molecule has 0 spiro atoms. The summed E-state index contributed by atoms with van der Waals surface area (Å²) >= 11 is 0. The Hall–Kier alpha value is -3.57. The van der Waals surface area contributed by atoms with E-state index in [-0.39, 0.29) is 5.56 Å². The van der Waals surface area contributed by atoms with Crippen molar-refractivity contribution in [3.63, 3.8) is 0 Å². The van der Waals surface area contributed by atoms with Crippen molar-refractivity contribution in [3.05, 3.63) is 89.2 Å². The summed E-state index contributed by atoms with van der Waals surface area (Å²) in [4.78, 5) is 17.2. The van der Waals surface area contributed by atoms with Crippen LogP contribution >= 0.6 is 0 Å². The molecular formula is C25H22N2O3. The summed E-state index contributed by atoms with van der Waals surface area (Å²) in [6.07, 6.45) is 0. The maximum absolute atomic E-state index is 12.0. The number of morpholine rings is 1. The molecule has 1 N–H and O–H groups in total. The molecule has 2 heterocycles. The van der Waals surface area contributed by atoms with E-state index in [4.69, 9.17) is 9.47 Å². The summed E-state index contributed by atoms with van der Waals surface area (Å²) in [7, 11) is 0. The molecule has 0 radical (unpaired) electrons. The molecule has 0 bridgehead atoms. The van der Waals surface area contributed by atoms with Crippen molar-refractivity contribution in [1.29, 1.82) is 0 Å². The Balaban J connectivity index is 1.42. The molecule has 5 rings (SSSR count). The van der Waals surface area contributed by atoms with Crippen molar-refractivity contribution in [2.24, 2.45) is 0 Å². The van der Waals surface area contributed by atoms with Gasteiger partial charge in [-0.25, -0.2) is 0 Å². The number of fused-ring (bicyclic) bond motifs is 1. The summed E-state index contributed by atoms with van der Waals surface area (Å²) in [5.74, 6) is 1.25. The molecule has 1 saturated heterocycles. The Morgan fingerprint density at radius 1 is 0.833 bits per heavy atom. The summed E-state index contributed by atoms with van der Waals surface area (Å²) in [5.41, 5.74) is 3.97. The molecule has 1 aromatic heterocycles. The maximum Gasteiger partial charge on any atom is 0.252 e. The lowest BCUT2D eigenvalue weighted by atomic mass is 10.0. The quantitative estimate of drug-likeness (QED) is 0.535. The van der Waals surface area contributed by atoms with Crippen LogP contribution in [0.5, 0.6) is 11.5 Å². The number of hydrogen-bond acceptors (Lipinski definition) is 4. The zero-order valence-electron chi connectivity index (χ0n) is 16.5. The maximum atomic E-state index is 12.0. The van der Waals surface area contributed by atoms with Gasteiger partial charge in [-0.3, -0.25) is 4.79 Å². The van der Waals surface area contributed by atoms with Crippen LogP contribution in [0.1, 0.15) is 0 Å². The van der Waals surface area contributed by atoms with Crippen LogP contribution < -0.4 is 15.2 Å². The number of nitrogens with zero attached hydrogens (tertiary/aromatic N) is 1. The van der Waals surface area contributed by atoms with E-state index in [0.29, 0.717) is 11.5 Å². The second-order valence-electron chi connectivity index (χ2n) is 7.32. The second-order valence-corrected chi connectivity index (χ2v) is 7.32. The standard InChI is InChI=1S/C25H22N2O3/c28-25-17-24(22-6-1-2-7-23(22)26-25)30-21-5-3-4-19(16-21)18-8-10-20(11-9-18)27-12-14-29-15-13-27/h1-11,16-17H,12-15H2,(H,26,28). The van der Waals surface area contributed by atoms with E-state index in [1.807, 2.05) is 42.5 Å². The van der Waals surface area contributed by atoms with Gasteiger partial charge in [-0.2, -0.15) is 0 Å². The first-order valence-corrected chi connectivity index (χ1v) is 10.1. The highest BCUT2D eigenvalue weighted by molar-refractivity contribution is 5.85. The second kappa shape index (κ2) is 8.05. The molecule has 150 valence electrons. The molecule has 0 unspecified atom stereocenters. The van der Waals surface area contributed by atoms with Crippen LogP contribution in [0.25, 0.3) is 22.0 Å². The first-order valence-electron chi connectivity index (χ1n) is 10.1. The van der Waals surface area contributed by atoms with E-state index >= 15 is 0 Å². The third-order valence-electron chi connectivity index (χ3n) is 5.35. The normalized spacial score (nSPS) is 14.1. The third-order valence-corrected chi connectivity index (χ3v) is 5.35. The molecular weight excluding hydrogens is 376 g/mol. The van der Waals surface area contributed by atoms with Crippen molar-refractivity contribution < 1.29 is 9.47 Å². The van der Waals surface area contributed by atoms with E-state index in [2.05, 4.69) is 40.2 Å². The predicted molar refractivity (Wildman–Crippen MR) is 120 cm³/mol. The lowest BCUT2D eigenvalue weighted by Crippen LogP contribution is -2.36. The van der Waals surface area contributed by atoms with Crippen LogP contribution in [0.4, 0.5) is 5.69 Å². The Kier molecular flexibility index (Phi) is 4.95. The molecule has 0 aliphatic carbocycles. The van der Waals surface area contributed by atoms with Crippen LogP contribution in [0.3, 0.4) is 0 Å². The number of pyridine rings is 1. The first kappa shape index (κ1) is 18.5. The molecule has 5 heteroatoms. The average molecular weight is 398 g/mol. The predicted octanol–water partition coefficient (Wildman–Crippen LogP) is 4.82. The van der Waals surface area contributed by atoms with Gasteiger partial charge in [0.15, 0.2) is 0 Å². The number of H-pyrrole nitrogens is 1. The van der Waals surface area contributed by atoms with Crippen molar-refractivity contribution in [1.82, 2.24) is 4.98 Å². The molecule has 30 heavy (non-hydrogen) atoms. The summed E-state index contributed by atoms with van der Waals surface area (Å²) in [6, 6.07) is 25.6. The fraction of sp³-hybridized carbons (Fsp3) is 0.160. The highest BCUT2D eigenvalue weighted by Crippen LogP contribution is 2.31. The monoisotopic (exact) mass is 398 g/mol. The fourth-order valence-electron chi connectivity index (χ4n) is 3.81. The number of nitrogens with one attached hydrogen (secondary N) is 1. The zero-order valence-corrected chi connectivity index (χ0v) is 16.5. The van der Waals surface area contributed by atoms with E-state index in [1.54, 1.807) is 0 Å². The number of hydrogen-bond donors (Lipinski definition) is 1. The van der Waals surface area contributed by atoms with E-state index < -0.39 is 0 Å². The number of para-hydroxylation sites is 1. The molecule has 3 aromatic carbocycles. The molecule has 5 nitrogen and oxygen atoms in total. The number of anilines is 1. The Morgan fingerprint density at radius 2 is 1.63 bits per heavy atom. The average Bonchev–Trinajstić information content (AvgIpc) is 2.80. The minimum atomic E-state index is -0.182. The summed E-state index contributed by atoms with van der Waals surface area (Å²) < 4.78 is 11.5. The van der Waals surface area contributed by atoms with Crippen LogP contribution in [-0.2, 0) is 4.74 Å². The highest BCUT2D eigenvalue weighted by atomic mass is 16.5. The van der Waals surface area contributed by atoms with Crippen molar-refractivity contribution >= 4 is 16.6 Å². The largest absolute Gasteiger partial charge is 0.456 e. The van der Waals surface area contributed by atoms with Gasteiger partial charge in [0.05, 0.1) is 18.7 Å². The molecule has 0 saturated carbocycles. The molecule has 1 aliphatic rings. The molecule has 0 amide bonds. The van der Waals surface area contributed by atoms with E-state index in [1.165, 1.54) is 11.8 Å². The Morgan fingerprint density at radius 3 is 2.47 bits per heavy atom. The minimum absolute atomic E-state index is 0.182. The lowest BCUT2D eigenvalue weighted by molar-refractivity contribution is 0.122. The smallest absolute Gasteiger partial charge is 0.252 e. The van der Waals surface area contributed by atoms with Gasteiger partial charge >= 0.3 is 0 Å². The van der Waals surface area contributed by atoms with Gasteiger partial charge in [-0.05, 0) is 47.5 Å². The van der Waals surface area contributed by atoms with Gasteiger partial charge in [-0.15, -0.1) is 0 Å². The molecule has 4 aromatic rings. The first-order chi connectivity index (χ1) is 14.8. The van der Waals surface area contributed by atoms with Gasteiger partial charge in [0, 0.05) is 30.2 Å². The minimum Gasteiger partial charge on any atom is -0.456 e. The van der Waals surface area contributed by atoms with Crippen molar-refractivity contribution in [2.75, 3.05) is 31.2 Å². The third kappa shape index (κ3) is 3.80. The number of ether oxygens (including phenoxy) is 2. The van der Waals surface area contributed by atoms with E-state index in [0.717, 1.165) is 48.3 Å². The summed E-state index contributed by atoms with van der Waals surface area (Å²) in [5, 5.41) is 0.873. The molecule has 0 atom stereocenters. The Labute approximate surface area is 174 Å². The van der Waals surface area contributed by atoms with Gasteiger partial charge in [0.25, 0.3) is 5.56 Å². The van der Waals surface area contributed by atoms with Gasteiger partial charge in [0.2, 0.25) is 0 Å². The molecule has 1 fully saturated rings. The topological polar surface area (TPSA) is 54.6 Å². The summed E-state index contributed by atoms with van der Waals surface area (Å²) in [6.45, 7) is 3.40. The number of benzene rings is 3. The van der Waals surface area contributed by atoms with Crippen molar-refractivity contribution in [3.8, 4) is 22.6 Å². The van der Waals surface area contributed by atoms with E-state index in [9.17, 15) is 4.79 Å². The zero-order chi connectivity index (χ0) is 20.3. The van der Waals surface area contributed by atoms with Gasteiger partial charge in [0.1, 0.15) is 11.5 Å². The van der Waals surface area contributed by atoms with Crippen molar-refractivity contribution in [2.45, 2.75) is 0 Å². The lowest BCUT2D eigenvalue weighted by Gasteiger charge is -2.28. The van der Waals surface area contributed by atoms with Gasteiger partial charge in [-0.1, -0.05) is 36.4 Å².